The molecule has 7 heteroatoms. The van der Waals surface area contributed by atoms with Crippen LogP contribution in [0.25, 0.3) is 0 Å². The lowest BCUT2D eigenvalue weighted by Crippen LogP contribution is -2.13. The molecule has 0 unspecified atom stereocenters. The molecule has 0 fully saturated rings. The van der Waals surface area contributed by atoms with Crippen molar-refractivity contribution in [3.8, 4) is 0 Å². The zero-order valence-electron chi connectivity index (χ0n) is 8.89. The quantitative estimate of drug-likeness (QED) is 0.810. The lowest BCUT2D eigenvalue weighted by molar-refractivity contribution is 0.101. The Hall–Kier alpha value is -2.18. The van der Waals surface area contributed by atoms with Crippen LogP contribution in [0.3, 0.4) is 0 Å². The smallest absolute Gasteiger partial charge is 0.295 e. The molecule has 0 saturated heterocycles. The van der Waals surface area contributed by atoms with E-state index in [0.29, 0.717) is 11.5 Å². The maximum atomic E-state index is 11.6. The minimum absolute atomic E-state index is 0.102. The standard InChI is InChI=1S/C9H11N5O2/c1-5(2)7-12-8(14-13-7)9(15)11-6-3-10-16-4-6/h3-5H,1-2H3,(H,11,15)(H,12,13,14). The third-order valence-corrected chi connectivity index (χ3v) is 1.94. The number of aromatic amines is 1. The van der Waals surface area contributed by atoms with E-state index in [1.807, 2.05) is 13.8 Å². The lowest BCUT2D eigenvalue weighted by Gasteiger charge is -1.96. The van der Waals surface area contributed by atoms with E-state index in [1.54, 1.807) is 0 Å². The summed E-state index contributed by atoms with van der Waals surface area (Å²) in [6.45, 7) is 3.92. The highest BCUT2D eigenvalue weighted by Gasteiger charge is 2.14. The van der Waals surface area contributed by atoms with E-state index in [0.717, 1.165) is 0 Å². The van der Waals surface area contributed by atoms with Gasteiger partial charge in [0.2, 0.25) is 5.82 Å². The molecule has 2 heterocycles. The summed E-state index contributed by atoms with van der Waals surface area (Å²) in [5.41, 5.74) is 0.473. The minimum atomic E-state index is -0.397. The fourth-order valence-electron chi connectivity index (χ4n) is 1.09. The van der Waals surface area contributed by atoms with Gasteiger partial charge in [-0.1, -0.05) is 19.0 Å². The first-order valence-corrected chi connectivity index (χ1v) is 4.80. The Morgan fingerprint density at radius 2 is 2.38 bits per heavy atom. The first-order valence-electron chi connectivity index (χ1n) is 4.80. The van der Waals surface area contributed by atoms with Crippen LogP contribution in [0, 0.1) is 0 Å². The van der Waals surface area contributed by atoms with Crippen molar-refractivity contribution in [3.63, 3.8) is 0 Å². The fourth-order valence-corrected chi connectivity index (χ4v) is 1.09. The van der Waals surface area contributed by atoms with E-state index in [1.165, 1.54) is 12.5 Å². The number of hydrogen-bond acceptors (Lipinski definition) is 5. The van der Waals surface area contributed by atoms with Gasteiger partial charge in [-0.15, -0.1) is 5.10 Å². The van der Waals surface area contributed by atoms with E-state index in [-0.39, 0.29) is 11.7 Å². The second-order valence-electron chi connectivity index (χ2n) is 3.57. The molecule has 0 aliphatic rings. The maximum Gasteiger partial charge on any atom is 0.295 e. The van der Waals surface area contributed by atoms with Crippen molar-refractivity contribution >= 4 is 11.6 Å². The van der Waals surface area contributed by atoms with E-state index in [9.17, 15) is 4.79 Å². The molecule has 2 aromatic rings. The molecule has 0 bridgehead atoms. The van der Waals surface area contributed by atoms with Crippen LogP contribution in [0.5, 0.6) is 0 Å². The Kier molecular flexibility index (Phi) is 2.67. The molecule has 2 N–H and O–H groups in total. The normalized spacial score (nSPS) is 10.7. The van der Waals surface area contributed by atoms with Gasteiger partial charge in [0.1, 0.15) is 17.8 Å². The molecular formula is C9H11N5O2. The van der Waals surface area contributed by atoms with Crippen LogP contribution in [0.15, 0.2) is 17.0 Å². The van der Waals surface area contributed by atoms with E-state index >= 15 is 0 Å². The van der Waals surface area contributed by atoms with Gasteiger partial charge >= 0.3 is 0 Å². The number of carbonyl (C=O) groups excluding carboxylic acids is 1. The van der Waals surface area contributed by atoms with E-state index in [2.05, 4.69) is 30.2 Å². The van der Waals surface area contributed by atoms with Gasteiger partial charge in [-0.05, 0) is 0 Å². The first-order chi connectivity index (χ1) is 7.66. The van der Waals surface area contributed by atoms with Crippen molar-refractivity contribution in [1.29, 1.82) is 0 Å². The van der Waals surface area contributed by atoms with Crippen LogP contribution in [-0.4, -0.2) is 26.2 Å². The van der Waals surface area contributed by atoms with Crippen LogP contribution in [0.2, 0.25) is 0 Å². The van der Waals surface area contributed by atoms with Crippen LogP contribution in [0.4, 0.5) is 5.69 Å². The number of nitrogens with one attached hydrogen (secondary N) is 2. The Bertz CT molecular complexity index is 474. The highest BCUT2D eigenvalue weighted by atomic mass is 16.5. The maximum absolute atomic E-state index is 11.6. The zero-order valence-corrected chi connectivity index (χ0v) is 8.89. The predicted octanol–water partition coefficient (Wildman–Crippen LogP) is 1.17. The third-order valence-electron chi connectivity index (χ3n) is 1.94. The minimum Gasteiger partial charge on any atom is -0.363 e. The highest BCUT2D eigenvalue weighted by Crippen LogP contribution is 2.09. The molecule has 2 aromatic heterocycles. The number of hydrogen-bond donors (Lipinski definition) is 2. The summed E-state index contributed by atoms with van der Waals surface area (Å²) in [5.74, 6) is 0.580. The first kappa shape index (κ1) is 10.3. The lowest BCUT2D eigenvalue weighted by atomic mass is 10.2. The summed E-state index contributed by atoms with van der Waals surface area (Å²) in [6, 6.07) is 0. The van der Waals surface area contributed by atoms with Gasteiger partial charge in [-0.2, -0.15) is 0 Å². The molecule has 0 aliphatic heterocycles. The molecule has 16 heavy (non-hydrogen) atoms. The van der Waals surface area contributed by atoms with Gasteiger partial charge in [0, 0.05) is 5.92 Å². The Balaban J connectivity index is 2.09. The van der Waals surface area contributed by atoms with Gasteiger partial charge in [0.05, 0.1) is 6.20 Å². The van der Waals surface area contributed by atoms with Crippen molar-refractivity contribution in [1.82, 2.24) is 20.3 Å². The van der Waals surface area contributed by atoms with E-state index < -0.39 is 5.91 Å². The van der Waals surface area contributed by atoms with Crippen molar-refractivity contribution in [2.45, 2.75) is 19.8 Å². The average Bonchev–Trinajstić information content (AvgIpc) is 2.86. The van der Waals surface area contributed by atoms with Gasteiger partial charge in [-0.25, -0.2) is 4.98 Å². The molecule has 0 aliphatic carbocycles. The molecule has 0 aromatic carbocycles. The summed E-state index contributed by atoms with van der Waals surface area (Å²) in [7, 11) is 0. The Morgan fingerprint density at radius 1 is 1.56 bits per heavy atom. The summed E-state index contributed by atoms with van der Waals surface area (Å²) in [6.07, 6.45) is 2.72. The van der Waals surface area contributed by atoms with Crippen LogP contribution in [-0.2, 0) is 0 Å². The number of carbonyl (C=O) groups is 1. The van der Waals surface area contributed by atoms with Crippen LogP contribution >= 0.6 is 0 Å². The molecule has 84 valence electrons. The van der Waals surface area contributed by atoms with Crippen molar-refractivity contribution in [2.24, 2.45) is 0 Å². The topological polar surface area (TPSA) is 96.7 Å². The number of H-pyrrole nitrogens is 1. The number of anilines is 1. The molecule has 1 amide bonds. The van der Waals surface area contributed by atoms with Crippen molar-refractivity contribution in [3.05, 3.63) is 24.1 Å². The highest BCUT2D eigenvalue weighted by molar-refractivity contribution is 6.01. The second kappa shape index (κ2) is 4.13. The number of nitrogens with zero attached hydrogens (tertiary/aromatic N) is 3. The number of amides is 1. The SMILES string of the molecule is CC(C)c1nc(C(=O)Nc2cnoc2)n[nH]1. The summed E-state index contributed by atoms with van der Waals surface area (Å²) < 4.78 is 4.58. The molecule has 0 saturated carbocycles. The van der Waals surface area contributed by atoms with Crippen molar-refractivity contribution in [2.75, 3.05) is 5.32 Å². The van der Waals surface area contributed by atoms with Crippen LogP contribution in [0.1, 0.15) is 36.2 Å². The number of aromatic nitrogens is 4. The molecule has 0 atom stereocenters. The number of rotatable bonds is 3. The summed E-state index contributed by atoms with van der Waals surface area (Å²) in [4.78, 5) is 15.7. The molecular weight excluding hydrogens is 210 g/mol. The third kappa shape index (κ3) is 2.08. The van der Waals surface area contributed by atoms with Crippen LogP contribution < -0.4 is 5.32 Å². The van der Waals surface area contributed by atoms with Gasteiger partial charge in [0.25, 0.3) is 5.91 Å². The second-order valence-corrected chi connectivity index (χ2v) is 3.57. The fraction of sp³-hybridized carbons (Fsp3) is 0.333. The predicted molar refractivity (Wildman–Crippen MR) is 54.9 cm³/mol. The monoisotopic (exact) mass is 221 g/mol. The largest absolute Gasteiger partial charge is 0.363 e. The van der Waals surface area contributed by atoms with Gasteiger partial charge < -0.3 is 9.84 Å². The zero-order chi connectivity index (χ0) is 11.5. The summed E-state index contributed by atoms with van der Waals surface area (Å²) >= 11 is 0. The summed E-state index contributed by atoms with van der Waals surface area (Å²) in [5, 5.41) is 12.5. The molecule has 7 nitrogen and oxygen atoms in total. The van der Waals surface area contributed by atoms with Gasteiger partial charge in [0.15, 0.2) is 0 Å². The Labute approximate surface area is 91.2 Å². The Morgan fingerprint density at radius 3 is 2.94 bits per heavy atom. The molecule has 0 spiro atoms. The van der Waals surface area contributed by atoms with E-state index in [4.69, 9.17) is 0 Å². The van der Waals surface area contributed by atoms with Gasteiger partial charge in [-0.3, -0.25) is 9.89 Å². The molecule has 0 radical (unpaired) electrons. The molecule has 2 rings (SSSR count). The van der Waals surface area contributed by atoms with Crippen molar-refractivity contribution < 1.29 is 9.32 Å². The average molecular weight is 221 g/mol.